The lowest BCUT2D eigenvalue weighted by Crippen LogP contribution is -1.90. The molecule has 8 nitrogen and oxygen atoms in total. The molecule has 0 aliphatic carbocycles. The third-order valence-electron chi connectivity index (χ3n) is 2.87. The van der Waals surface area contributed by atoms with Crippen molar-refractivity contribution in [3.63, 3.8) is 0 Å². The van der Waals surface area contributed by atoms with Gasteiger partial charge in [-0.1, -0.05) is 0 Å². The molecule has 2 aromatic rings. The first-order valence-electron chi connectivity index (χ1n) is 6.15. The highest BCUT2D eigenvalue weighted by Crippen LogP contribution is 2.36. The second kappa shape index (κ2) is 6.00. The maximum absolute atomic E-state index is 10.8. The summed E-state index contributed by atoms with van der Waals surface area (Å²) in [6, 6.07) is 8.37. The minimum absolute atomic E-state index is 0.0498. The third-order valence-corrected chi connectivity index (χ3v) is 2.87. The summed E-state index contributed by atoms with van der Waals surface area (Å²) in [7, 11) is 0. The first-order chi connectivity index (χ1) is 10.4. The van der Waals surface area contributed by atoms with E-state index in [2.05, 4.69) is 4.99 Å². The second-order valence-corrected chi connectivity index (χ2v) is 4.52. The summed E-state index contributed by atoms with van der Waals surface area (Å²) in [5, 5.41) is 31.2. The fraction of sp³-hybridized carbons (Fsp3) is 0.0714. The molecule has 0 bridgehead atoms. The van der Waals surface area contributed by atoms with Crippen LogP contribution in [0.2, 0.25) is 0 Å². The van der Waals surface area contributed by atoms with Crippen molar-refractivity contribution in [2.24, 2.45) is 4.99 Å². The number of nitrogens with zero attached hydrogens (tertiary/aromatic N) is 3. The number of hydrogen-bond acceptors (Lipinski definition) is 6. The number of rotatable bonds is 4. The zero-order chi connectivity index (χ0) is 16.3. The molecule has 8 heteroatoms. The zero-order valence-electron chi connectivity index (χ0n) is 11.5. The van der Waals surface area contributed by atoms with Gasteiger partial charge in [0.05, 0.1) is 9.85 Å². The number of nitro groups is 2. The highest BCUT2D eigenvalue weighted by Gasteiger charge is 2.17. The number of aliphatic imine (C=N–C) groups is 1. The molecule has 2 rings (SSSR count). The van der Waals surface area contributed by atoms with E-state index < -0.39 is 21.3 Å². The van der Waals surface area contributed by atoms with Crippen LogP contribution in [0.3, 0.4) is 0 Å². The number of aromatic hydroxyl groups is 1. The van der Waals surface area contributed by atoms with Crippen LogP contribution in [0.25, 0.3) is 0 Å². The maximum atomic E-state index is 10.8. The molecule has 0 unspecified atom stereocenters. The molecule has 0 saturated carbocycles. The normalized spacial score (nSPS) is 10.8. The van der Waals surface area contributed by atoms with E-state index in [1.807, 2.05) is 0 Å². The van der Waals surface area contributed by atoms with Crippen molar-refractivity contribution in [3.8, 4) is 5.75 Å². The van der Waals surface area contributed by atoms with Crippen molar-refractivity contribution in [1.82, 2.24) is 0 Å². The summed E-state index contributed by atoms with van der Waals surface area (Å²) in [6.45, 7) is 1.65. The number of benzene rings is 2. The highest BCUT2D eigenvalue weighted by atomic mass is 16.6. The lowest BCUT2D eigenvalue weighted by Gasteiger charge is -2.02. The Morgan fingerprint density at radius 2 is 1.73 bits per heavy atom. The van der Waals surface area contributed by atoms with Gasteiger partial charge in [0.1, 0.15) is 5.69 Å². The van der Waals surface area contributed by atoms with Crippen molar-refractivity contribution in [2.45, 2.75) is 6.92 Å². The number of phenols is 1. The Kier molecular flexibility index (Phi) is 4.12. The Morgan fingerprint density at radius 1 is 1.09 bits per heavy atom. The van der Waals surface area contributed by atoms with E-state index in [4.69, 9.17) is 0 Å². The Labute approximate surface area is 124 Å². The molecule has 0 aliphatic rings. The Morgan fingerprint density at radius 3 is 2.27 bits per heavy atom. The lowest BCUT2D eigenvalue weighted by molar-refractivity contribution is -0.385. The molecule has 112 valence electrons. The summed E-state index contributed by atoms with van der Waals surface area (Å²) >= 11 is 0. The molecule has 0 aliphatic heterocycles. The molecule has 0 fully saturated rings. The number of hydrogen-bond donors (Lipinski definition) is 1. The number of nitro benzene ring substituents is 2. The molecule has 0 spiro atoms. The van der Waals surface area contributed by atoms with E-state index in [1.54, 1.807) is 6.92 Å². The molecular weight excluding hydrogens is 290 g/mol. The molecule has 2 aromatic carbocycles. The number of aryl methyl sites for hydroxylation is 1. The molecule has 0 radical (unpaired) electrons. The van der Waals surface area contributed by atoms with Crippen LogP contribution in [0.15, 0.2) is 41.4 Å². The van der Waals surface area contributed by atoms with Crippen LogP contribution in [-0.4, -0.2) is 21.2 Å². The second-order valence-electron chi connectivity index (χ2n) is 4.52. The van der Waals surface area contributed by atoms with Crippen molar-refractivity contribution in [3.05, 3.63) is 67.8 Å². The molecule has 0 saturated heterocycles. The predicted octanol–water partition coefficient (Wildman–Crippen LogP) is 3.27. The Hall–Kier alpha value is -3.29. The monoisotopic (exact) mass is 301 g/mol. The van der Waals surface area contributed by atoms with Crippen LogP contribution in [-0.2, 0) is 0 Å². The maximum Gasteiger partial charge on any atom is 0.313 e. The van der Waals surface area contributed by atoms with Gasteiger partial charge < -0.3 is 5.11 Å². The summed E-state index contributed by atoms with van der Waals surface area (Å²) in [4.78, 5) is 24.2. The first-order valence-corrected chi connectivity index (χ1v) is 6.15. The van der Waals surface area contributed by atoms with Crippen LogP contribution >= 0.6 is 0 Å². The summed E-state index contributed by atoms with van der Waals surface area (Å²) in [6.07, 6.45) is 1.36. The first kappa shape index (κ1) is 15.1. The van der Waals surface area contributed by atoms with Crippen LogP contribution < -0.4 is 0 Å². The Bertz CT molecular complexity index is 769. The van der Waals surface area contributed by atoms with Crippen LogP contribution in [0, 0.1) is 27.2 Å². The van der Waals surface area contributed by atoms with E-state index in [9.17, 15) is 25.3 Å². The van der Waals surface area contributed by atoms with E-state index in [0.717, 1.165) is 0 Å². The van der Waals surface area contributed by atoms with E-state index >= 15 is 0 Å². The smallest absolute Gasteiger partial charge is 0.313 e. The van der Waals surface area contributed by atoms with Crippen molar-refractivity contribution >= 4 is 23.3 Å². The van der Waals surface area contributed by atoms with Gasteiger partial charge in [-0.25, -0.2) is 0 Å². The van der Waals surface area contributed by atoms with Crippen LogP contribution in [0.5, 0.6) is 5.75 Å². The van der Waals surface area contributed by atoms with Gasteiger partial charge in [-0.2, -0.15) is 0 Å². The average molecular weight is 301 g/mol. The average Bonchev–Trinajstić information content (AvgIpc) is 2.47. The molecule has 0 aromatic heterocycles. The van der Waals surface area contributed by atoms with E-state index in [0.29, 0.717) is 11.1 Å². The summed E-state index contributed by atoms with van der Waals surface area (Å²) < 4.78 is 0. The predicted molar refractivity (Wildman–Crippen MR) is 79.8 cm³/mol. The van der Waals surface area contributed by atoms with Crippen LogP contribution in [0.4, 0.5) is 17.1 Å². The molecular formula is C14H11N3O5. The topological polar surface area (TPSA) is 119 Å². The minimum Gasteiger partial charge on any atom is -0.501 e. The molecule has 0 amide bonds. The van der Waals surface area contributed by atoms with Crippen molar-refractivity contribution in [2.75, 3.05) is 0 Å². The van der Waals surface area contributed by atoms with Gasteiger partial charge in [0, 0.05) is 24.4 Å². The quantitative estimate of drug-likeness (QED) is 0.528. The van der Waals surface area contributed by atoms with E-state index in [1.165, 1.54) is 42.6 Å². The van der Waals surface area contributed by atoms with Crippen molar-refractivity contribution in [1.29, 1.82) is 0 Å². The number of phenolic OH excluding ortho intramolecular Hbond substituents is 1. The van der Waals surface area contributed by atoms with Crippen molar-refractivity contribution < 1.29 is 15.0 Å². The highest BCUT2D eigenvalue weighted by molar-refractivity contribution is 5.83. The largest absolute Gasteiger partial charge is 0.501 e. The molecule has 22 heavy (non-hydrogen) atoms. The third kappa shape index (κ3) is 3.23. The van der Waals surface area contributed by atoms with Gasteiger partial charge in [0.25, 0.3) is 5.69 Å². The Balaban J connectivity index is 2.34. The van der Waals surface area contributed by atoms with Gasteiger partial charge in [-0.05, 0) is 36.2 Å². The standard InChI is InChI=1S/C14H11N3O5/c1-9-6-12(14(18)13(7-9)17(21)22)15-8-10-2-4-11(5-3-10)16(19)20/h2-8,18H,1H3. The SMILES string of the molecule is Cc1cc(N=Cc2ccc([N+](=O)[O-])cc2)c(O)c([N+](=O)[O-])c1. The van der Waals surface area contributed by atoms with Crippen LogP contribution in [0.1, 0.15) is 11.1 Å². The number of non-ortho nitro benzene ring substituents is 1. The summed E-state index contributed by atoms with van der Waals surface area (Å²) in [5.41, 5.74) is 0.738. The zero-order valence-corrected chi connectivity index (χ0v) is 11.5. The fourth-order valence-corrected chi connectivity index (χ4v) is 1.80. The van der Waals surface area contributed by atoms with Gasteiger partial charge in [0.15, 0.2) is 0 Å². The fourth-order valence-electron chi connectivity index (χ4n) is 1.80. The molecule has 0 atom stereocenters. The van der Waals surface area contributed by atoms with Gasteiger partial charge in [-0.3, -0.25) is 25.2 Å². The van der Waals surface area contributed by atoms with Gasteiger partial charge in [0.2, 0.25) is 5.75 Å². The minimum atomic E-state index is -0.687. The lowest BCUT2D eigenvalue weighted by atomic mass is 10.1. The van der Waals surface area contributed by atoms with Gasteiger partial charge in [-0.15, -0.1) is 0 Å². The summed E-state index contributed by atoms with van der Waals surface area (Å²) in [5.74, 6) is -0.520. The van der Waals surface area contributed by atoms with Gasteiger partial charge >= 0.3 is 5.69 Å². The van der Waals surface area contributed by atoms with E-state index in [-0.39, 0.29) is 11.4 Å². The molecule has 0 heterocycles. The molecule has 1 N–H and O–H groups in total.